The van der Waals surface area contributed by atoms with Crippen LogP contribution in [0.5, 0.6) is 0 Å². The van der Waals surface area contributed by atoms with Crippen LogP contribution in [0.3, 0.4) is 0 Å². The van der Waals surface area contributed by atoms with E-state index in [-0.39, 0.29) is 18.4 Å². The Labute approximate surface area is 113 Å². The van der Waals surface area contributed by atoms with Crippen molar-refractivity contribution in [2.45, 2.75) is 31.0 Å². The summed E-state index contributed by atoms with van der Waals surface area (Å²) in [7, 11) is -1.54. The van der Waals surface area contributed by atoms with Gasteiger partial charge in [-0.15, -0.1) is 23.7 Å². The SMILES string of the molecule is CNC(C)CNS(=O)(=O)c1sc(C)cc1C.Cl. The third-order valence-corrected chi connectivity index (χ3v) is 5.52. The minimum absolute atomic E-state index is 0. The fraction of sp³-hybridized carbons (Fsp3) is 0.600. The maximum absolute atomic E-state index is 12.0. The van der Waals surface area contributed by atoms with Crippen LogP contribution in [-0.2, 0) is 10.0 Å². The summed E-state index contributed by atoms with van der Waals surface area (Å²) >= 11 is 1.31. The molecule has 0 fully saturated rings. The highest BCUT2D eigenvalue weighted by Crippen LogP contribution is 2.25. The van der Waals surface area contributed by atoms with E-state index in [0.717, 1.165) is 10.4 Å². The summed E-state index contributed by atoms with van der Waals surface area (Å²) in [5, 5.41) is 2.99. The summed E-state index contributed by atoms with van der Waals surface area (Å²) in [5.41, 5.74) is 0.812. The Balaban J connectivity index is 0.00000256. The average molecular weight is 299 g/mol. The van der Waals surface area contributed by atoms with Gasteiger partial charge in [0, 0.05) is 17.5 Å². The Morgan fingerprint density at radius 1 is 1.41 bits per heavy atom. The van der Waals surface area contributed by atoms with Crippen LogP contribution in [0, 0.1) is 13.8 Å². The van der Waals surface area contributed by atoms with Crippen molar-refractivity contribution in [3.8, 4) is 0 Å². The van der Waals surface area contributed by atoms with Gasteiger partial charge in [0.25, 0.3) is 0 Å². The van der Waals surface area contributed by atoms with Crippen LogP contribution in [0.2, 0.25) is 0 Å². The molecule has 0 saturated heterocycles. The van der Waals surface area contributed by atoms with Crippen molar-refractivity contribution in [2.75, 3.05) is 13.6 Å². The lowest BCUT2D eigenvalue weighted by Gasteiger charge is -2.11. The van der Waals surface area contributed by atoms with Gasteiger partial charge in [-0.05, 0) is 39.4 Å². The molecule has 100 valence electrons. The lowest BCUT2D eigenvalue weighted by Crippen LogP contribution is -2.37. The van der Waals surface area contributed by atoms with Crippen LogP contribution in [0.1, 0.15) is 17.4 Å². The van der Waals surface area contributed by atoms with E-state index in [4.69, 9.17) is 0 Å². The van der Waals surface area contributed by atoms with Crippen LogP contribution < -0.4 is 10.0 Å². The molecule has 0 saturated carbocycles. The van der Waals surface area contributed by atoms with Gasteiger partial charge in [0.15, 0.2) is 0 Å². The molecule has 0 bridgehead atoms. The molecule has 7 heteroatoms. The summed E-state index contributed by atoms with van der Waals surface area (Å²) < 4.78 is 26.9. The van der Waals surface area contributed by atoms with E-state index in [1.54, 1.807) is 7.05 Å². The van der Waals surface area contributed by atoms with Crippen LogP contribution >= 0.6 is 23.7 Å². The number of thiophene rings is 1. The van der Waals surface area contributed by atoms with E-state index in [1.165, 1.54) is 11.3 Å². The van der Waals surface area contributed by atoms with E-state index in [2.05, 4.69) is 10.0 Å². The van der Waals surface area contributed by atoms with Crippen molar-refractivity contribution in [3.63, 3.8) is 0 Å². The molecule has 1 aromatic heterocycles. The molecule has 0 aliphatic carbocycles. The number of likely N-dealkylation sites (N-methyl/N-ethyl adjacent to an activating group) is 1. The topological polar surface area (TPSA) is 58.2 Å². The van der Waals surface area contributed by atoms with Crippen LogP contribution in [-0.4, -0.2) is 28.1 Å². The zero-order chi connectivity index (χ0) is 12.3. The van der Waals surface area contributed by atoms with Crippen molar-refractivity contribution >= 4 is 33.8 Å². The summed E-state index contributed by atoms with van der Waals surface area (Å²) in [5.74, 6) is 0. The molecule has 2 N–H and O–H groups in total. The normalized spacial score (nSPS) is 13.2. The third kappa shape index (κ3) is 4.56. The van der Waals surface area contributed by atoms with E-state index < -0.39 is 10.0 Å². The molecule has 4 nitrogen and oxygen atoms in total. The minimum atomic E-state index is -3.35. The predicted molar refractivity (Wildman–Crippen MR) is 74.8 cm³/mol. The zero-order valence-corrected chi connectivity index (χ0v) is 12.9. The number of nitrogens with one attached hydrogen (secondary N) is 2. The lowest BCUT2D eigenvalue weighted by molar-refractivity contribution is 0.555. The molecule has 17 heavy (non-hydrogen) atoms. The van der Waals surface area contributed by atoms with Crippen molar-refractivity contribution in [1.29, 1.82) is 0 Å². The molecule has 0 radical (unpaired) electrons. The molecule has 1 atom stereocenters. The Morgan fingerprint density at radius 2 is 2.00 bits per heavy atom. The second-order valence-corrected chi connectivity index (χ2v) is 7.09. The molecule has 1 heterocycles. The number of aryl methyl sites for hydroxylation is 2. The summed E-state index contributed by atoms with van der Waals surface area (Å²) in [6, 6.07) is 2.01. The molecule has 0 aromatic carbocycles. The quantitative estimate of drug-likeness (QED) is 0.869. The van der Waals surface area contributed by atoms with Crippen molar-refractivity contribution in [2.24, 2.45) is 0 Å². The van der Waals surface area contributed by atoms with E-state index in [0.29, 0.717) is 10.8 Å². The molecule has 1 aromatic rings. The first-order valence-electron chi connectivity index (χ1n) is 5.11. The second kappa shape index (κ2) is 6.70. The van der Waals surface area contributed by atoms with Gasteiger partial charge in [-0.3, -0.25) is 0 Å². The number of hydrogen-bond donors (Lipinski definition) is 2. The highest BCUT2D eigenvalue weighted by molar-refractivity contribution is 7.91. The van der Waals surface area contributed by atoms with Gasteiger partial charge >= 0.3 is 0 Å². The van der Waals surface area contributed by atoms with Crippen LogP contribution in [0.25, 0.3) is 0 Å². The first-order chi connectivity index (χ1) is 7.36. The number of halogens is 1. The first kappa shape index (κ1) is 16.9. The molecule has 1 rings (SSSR count). The Morgan fingerprint density at radius 3 is 2.41 bits per heavy atom. The fourth-order valence-corrected chi connectivity index (χ4v) is 4.13. The first-order valence-corrected chi connectivity index (χ1v) is 7.40. The average Bonchev–Trinajstić information content (AvgIpc) is 2.55. The van der Waals surface area contributed by atoms with Crippen molar-refractivity contribution < 1.29 is 8.42 Å². The number of sulfonamides is 1. The largest absolute Gasteiger partial charge is 0.316 e. The van der Waals surface area contributed by atoms with E-state index in [1.807, 2.05) is 26.8 Å². The fourth-order valence-electron chi connectivity index (χ4n) is 1.29. The number of rotatable bonds is 5. The molecule has 1 unspecified atom stereocenters. The summed E-state index contributed by atoms with van der Waals surface area (Å²) in [6.07, 6.45) is 0. The highest BCUT2D eigenvalue weighted by Gasteiger charge is 2.19. The second-order valence-electron chi connectivity index (χ2n) is 3.87. The minimum Gasteiger partial charge on any atom is -0.316 e. The zero-order valence-electron chi connectivity index (χ0n) is 10.4. The molecular formula is C10H19ClN2O2S2. The maximum atomic E-state index is 12.0. The molecule has 0 amide bonds. The molecule has 0 aliphatic heterocycles. The van der Waals surface area contributed by atoms with Gasteiger partial charge in [0.2, 0.25) is 10.0 Å². The Kier molecular flexibility index (Phi) is 6.65. The maximum Gasteiger partial charge on any atom is 0.250 e. The number of hydrogen-bond acceptors (Lipinski definition) is 4. The van der Waals surface area contributed by atoms with E-state index >= 15 is 0 Å². The molecule has 0 aliphatic rings. The van der Waals surface area contributed by atoms with Gasteiger partial charge in [-0.25, -0.2) is 13.1 Å². The highest BCUT2D eigenvalue weighted by atomic mass is 35.5. The van der Waals surface area contributed by atoms with E-state index in [9.17, 15) is 8.42 Å². The summed E-state index contributed by atoms with van der Waals surface area (Å²) in [6.45, 7) is 6.05. The molecule has 0 spiro atoms. The van der Waals surface area contributed by atoms with Crippen LogP contribution in [0.15, 0.2) is 10.3 Å². The van der Waals surface area contributed by atoms with Crippen LogP contribution in [0.4, 0.5) is 0 Å². The molecular weight excluding hydrogens is 280 g/mol. The van der Waals surface area contributed by atoms with Gasteiger partial charge in [0.1, 0.15) is 4.21 Å². The predicted octanol–water partition coefficient (Wildman–Crippen LogP) is 1.67. The Hall–Kier alpha value is -0.140. The monoisotopic (exact) mass is 298 g/mol. The van der Waals surface area contributed by atoms with Crippen molar-refractivity contribution in [1.82, 2.24) is 10.0 Å². The van der Waals surface area contributed by atoms with Crippen molar-refractivity contribution in [3.05, 3.63) is 16.5 Å². The smallest absolute Gasteiger partial charge is 0.250 e. The standard InChI is InChI=1S/C10H18N2O2S2.ClH/c1-7-5-9(3)15-10(7)16(13,14)12-6-8(2)11-4;/h5,8,11-12H,6H2,1-4H3;1H. The van der Waals surface area contributed by atoms with Gasteiger partial charge in [0.05, 0.1) is 0 Å². The Bertz CT molecular complexity index is 457. The van der Waals surface area contributed by atoms with Gasteiger partial charge < -0.3 is 5.32 Å². The summed E-state index contributed by atoms with van der Waals surface area (Å²) in [4.78, 5) is 1.01. The third-order valence-electron chi connectivity index (χ3n) is 2.31. The lowest BCUT2D eigenvalue weighted by atomic mass is 10.3. The van der Waals surface area contributed by atoms with Gasteiger partial charge in [-0.1, -0.05) is 0 Å². The van der Waals surface area contributed by atoms with Gasteiger partial charge in [-0.2, -0.15) is 0 Å².